The fraction of sp³-hybridized carbons (Fsp3) is 0.134. The van der Waals surface area contributed by atoms with Gasteiger partial charge in [-0.05, 0) is 117 Å². The molecular weight excluding hydrogens is 889 g/mol. The van der Waals surface area contributed by atoms with Crippen LogP contribution in [0.5, 0.6) is 0 Å². The van der Waals surface area contributed by atoms with Crippen LogP contribution >= 0.6 is 0 Å². The highest BCUT2D eigenvalue weighted by atomic mass is 15.4. The molecule has 0 fully saturated rings. The predicted molar refractivity (Wildman–Crippen MR) is 306 cm³/mol. The van der Waals surface area contributed by atoms with Gasteiger partial charge in [-0.2, -0.15) is 0 Å². The first kappa shape index (κ1) is 35.4. The second-order valence-electron chi connectivity index (χ2n) is 20.5. The molecular formula is C67H58N6. The van der Waals surface area contributed by atoms with E-state index in [1.165, 1.54) is 0 Å². The second kappa shape index (κ2) is 18.1. The standard InChI is InChI=1S/C67H58N6/c1-66(2,3)48-37-39-68-63(42-48)73-60-33-19-18-30-58(60)56-28-16-17-29-57(56)59-36-35-51(44-62(59)73)72(50-26-14-9-15-27-50)53-41-49(67(4,5)6)40-52(43-53)70-45-71(65-61(70)34-21-38-69-65)64-54(46-22-10-7-11-23-46)31-20-32-55(64)47-24-12-8-13-25-47/h7-44H,45H2,1-6H3/i7D,8D,10D,11D,12D,13D,22D,23D,24D,25D. The van der Waals surface area contributed by atoms with Crippen LogP contribution in [0.4, 0.5) is 57.1 Å². The maximum Gasteiger partial charge on any atom is 0.158 e. The molecule has 73 heavy (non-hydrogen) atoms. The van der Waals surface area contributed by atoms with Crippen molar-refractivity contribution in [2.45, 2.75) is 52.4 Å². The van der Waals surface area contributed by atoms with E-state index in [1.807, 2.05) is 41.4 Å². The highest BCUT2D eigenvalue weighted by Crippen LogP contribution is 2.54. The molecule has 0 unspecified atom stereocenters. The summed E-state index contributed by atoms with van der Waals surface area (Å²) < 4.78 is 88.9. The first-order chi connectivity index (χ1) is 39.6. The summed E-state index contributed by atoms with van der Waals surface area (Å²) >= 11 is 0. The van der Waals surface area contributed by atoms with Gasteiger partial charge in [-0.15, -0.1) is 0 Å². The molecule has 2 aromatic heterocycles. The predicted octanol–water partition coefficient (Wildman–Crippen LogP) is 18.2. The van der Waals surface area contributed by atoms with Gasteiger partial charge in [0.05, 0.1) is 36.5 Å². The third-order valence-corrected chi connectivity index (χ3v) is 13.8. The third-order valence-electron chi connectivity index (χ3n) is 13.8. The van der Waals surface area contributed by atoms with Gasteiger partial charge >= 0.3 is 0 Å². The van der Waals surface area contributed by atoms with Gasteiger partial charge in [0, 0.05) is 57.4 Å². The number of hydrogen-bond donors (Lipinski definition) is 0. The van der Waals surface area contributed by atoms with E-state index in [-0.39, 0.29) is 40.0 Å². The Bertz CT molecular complexity index is 4120. The lowest BCUT2D eigenvalue weighted by atomic mass is 9.86. The summed E-state index contributed by atoms with van der Waals surface area (Å²) in [6.07, 6.45) is 3.54. The first-order valence-electron chi connectivity index (χ1n) is 29.5. The van der Waals surface area contributed by atoms with Crippen molar-refractivity contribution in [2.75, 3.05) is 26.3 Å². The molecule has 356 valence electrons. The van der Waals surface area contributed by atoms with Crippen LogP contribution in [-0.2, 0) is 10.8 Å². The minimum absolute atomic E-state index is 0.0410. The topological polar surface area (TPSA) is 38.7 Å². The number of pyridine rings is 2. The van der Waals surface area contributed by atoms with Crippen LogP contribution < -0.4 is 19.6 Å². The van der Waals surface area contributed by atoms with E-state index in [2.05, 4.69) is 165 Å². The normalized spacial score (nSPS) is 14.8. The molecule has 10 aromatic rings. The Hall–Kier alpha value is -8.74. The number of rotatable bonds is 8. The van der Waals surface area contributed by atoms with Crippen LogP contribution in [0.2, 0.25) is 0 Å². The molecule has 6 nitrogen and oxygen atoms in total. The Labute approximate surface area is 444 Å². The van der Waals surface area contributed by atoms with Crippen LogP contribution in [0.1, 0.15) is 66.4 Å². The Morgan fingerprint density at radius 2 is 1.04 bits per heavy atom. The van der Waals surface area contributed by atoms with Gasteiger partial charge in [0.25, 0.3) is 0 Å². The fourth-order valence-corrected chi connectivity index (χ4v) is 10.1. The summed E-state index contributed by atoms with van der Waals surface area (Å²) in [5.74, 6) is 1.22. The molecule has 6 heteroatoms. The van der Waals surface area contributed by atoms with Crippen LogP contribution in [0, 0.1) is 0 Å². The van der Waals surface area contributed by atoms with Gasteiger partial charge in [-0.25, -0.2) is 9.97 Å². The van der Waals surface area contributed by atoms with Crippen molar-refractivity contribution < 1.29 is 13.7 Å². The van der Waals surface area contributed by atoms with Crippen molar-refractivity contribution in [1.29, 1.82) is 0 Å². The first-order valence-corrected chi connectivity index (χ1v) is 24.5. The largest absolute Gasteiger partial charge is 0.320 e. The molecule has 0 saturated heterocycles. The SMILES string of the molecule is [2H]c1c([2H])c([2H])c(-c2cccc(-c3c([2H])c([2H])c([2H])c([2H])c3[2H])c2N2CN(c3cc(N(c4ccccc4)c4ccc5c(c4)N(c4cc(C(C)(C)C)ccn4)c4ccccc4-c4ccccc4-5)cc(C(C)(C)C)c3)c3cccnc32)c([2H])c1[2H]. The summed E-state index contributed by atoms with van der Waals surface area (Å²) in [7, 11) is 0. The molecule has 0 N–H and O–H groups in total. The van der Waals surface area contributed by atoms with Crippen LogP contribution in [0.15, 0.2) is 231 Å². The zero-order valence-electron chi connectivity index (χ0n) is 51.6. The smallest absolute Gasteiger partial charge is 0.158 e. The lowest BCUT2D eigenvalue weighted by Crippen LogP contribution is -2.26. The quantitative estimate of drug-likeness (QED) is 0.151. The van der Waals surface area contributed by atoms with Crippen molar-refractivity contribution in [3.63, 3.8) is 0 Å². The fourth-order valence-electron chi connectivity index (χ4n) is 10.1. The molecule has 12 rings (SSSR count). The Balaban J connectivity index is 1.08. The lowest BCUT2D eigenvalue weighted by Gasteiger charge is -2.32. The molecule has 0 radical (unpaired) electrons. The minimum Gasteiger partial charge on any atom is -0.320 e. The van der Waals surface area contributed by atoms with Gasteiger partial charge in [0.2, 0.25) is 0 Å². The highest BCUT2D eigenvalue weighted by molar-refractivity contribution is 6.04. The maximum absolute atomic E-state index is 9.23. The van der Waals surface area contributed by atoms with E-state index < -0.39 is 65.8 Å². The highest BCUT2D eigenvalue weighted by Gasteiger charge is 2.35. The summed E-state index contributed by atoms with van der Waals surface area (Å²) in [5, 5.41) is 0. The summed E-state index contributed by atoms with van der Waals surface area (Å²) in [6.45, 7) is 13.2. The summed E-state index contributed by atoms with van der Waals surface area (Å²) in [4.78, 5) is 18.6. The van der Waals surface area contributed by atoms with Gasteiger partial charge in [0.15, 0.2) is 5.82 Å². The van der Waals surface area contributed by atoms with E-state index in [4.69, 9.17) is 18.2 Å². The van der Waals surface area contributed by atoms with Crippen LogP contribution in [-0.4, -0.2) is 16.6 Å². The number of fused-ring (bicyclic) bond motifs is 6. The summed E-state index contributed by atoms with van der Waals surface area (Å²) in [5.41, 5.74) is 12.3. The van der Waals surface area contributed by atoms with Gasteiger partial charge in [-0.1, -0.05) is 187 Å². The average molecular weight is 957 g/mol. The van der Waals surface area contributed by atoms with Crippen molar-refractivity contribution in [2.24, 2.45) is 0 Å². The van der Waals surface area contributed by atoms with E-state index >= 15 is 0 Å². The Morgan fingerprint density at radius 3 is 1.71 bits per heavy atom. The molecule has 0 spiro atoms. The monoisotopic (exact) mass is 957 g/mol. The average Bonchev–Trinajstić information content (AvgIpc) is 2.93. The van der Waals surface area contributed by atoms with Crippen molar-refractivity contribution in [1.82, 2.24) is 9.97 Å². The third kappa shape index (κ3) is 8.29. The molecule has 0 bridgehead atoms. The van der Waals surface area contributed by atoms with Crippen molar-refractivity contribution >= 4 is 57.1 Å². The Morgan fingerprint density at radius 1 is 0.438 bits per heavy atom. The number of nitrogens with zero attached hydrogens (tertiary/aromatic N) is 6. The minimum atomic E-state index is -0.563. The zero-order valence-corrected chi connectivity index (χ0v) is 41.6. The molecule has 2 aliphatic rings. The lowest BCUT2D eigenvalue weighted by molar-refractivity contribution is 0.589. The van der Waals surface area contributed by atoms with Crippen molar-refractivity contribution in [3.05, 3.63) is 242 Å². The molecule has 8 aromatic carbocycles. The number of benzene rings is 8. The molecule has 0 amide bonds. The number of para-hydroxylation sites is 3. The van der Waals surface area contributed by atoms with E-state index in [0.717, 1.165) is 73.3 Å². The van der Waals surface area contributed by atoms with Gasteiger partial charge in [-0.3, -0.25) is 4.90 Å². The van der Waals surface area contributed by atoms with Crippen molar-refractivity contribution in [3.8, 4) is 44.5 Å². The van der Waals surface area contributed by atoms with Gasteiger partial charge in [0.1, 0.15) is 12.5 Å². The Kier molecular flexibility index (Phi) is 8.79. The van der Waals surface area contributed by atoms with Crippen LogP contribution in [0.3, 0.4) is 0 Å². The zero-order chi connectivity index (χ0) is 58.6. The van der Waals surface area contributed by atoms with Crippen LogP contribution in [0.25, 0.3) is 44.5 Å². The van der Waals surface area contributed by atoms with E-state index in [9.17, 15) is 5.48 Å². The van der Waals surface area contributed by atoms with Gasteiger partial charge < -0.3 is 14.7 Å². The maximum atomic E-state index is 9.23. The molecule has 0 saturated carbocycles. The number of aromatic nitrogens is 2. The molecule has 0 aliphatic carbocycles. The summed E-state index contributed by atoms with van der Waals surface area (Å²) in [6, 6.07) is 48.3. The van der Waals surface area contributed by atoms with E-state index in [1.54, 1.807) is 24.4 Å². The second-order valence-corrected chi connectivity index (χ2v) is 20.5. The molecule has 0 atom stereocenters. The number of anilines is 10. The molecule has 4 heterocycles. The number of hydrogen-bond acceptors (Lipinski definition) is 6. The van der Waals surface area contributed by atoms with E-state index in [0.29, 0.717) is 11.5 Å². The molecule has 2 aliphatic heterocycles.